The number of benzene rings is 2. The van der Waals surface area contributed by atoms with Gasteiger partial charge in [-0.05, 0) is 73.9 Å². The zero-order chi connectivity index (χ0) is 22.4. The Balaban J connectivity index is 1.79. The molecule has 0 radical (unpaired) electrons. The number of hydrazine groups is 1. The summed E-state index contributed by atoms with van der Waals surface area (Å²) in [7, 11) is 0. The fourth-order valence-corrected chi connectivity index (χ4v) is 3.00. The Labute approximate surface area is 182 Å². The molecule has 2 aromatic carbocycles. The zero-order valence-electron chi connectivity index (χ0n) is 17.8. The molecule has 1 aromatic heterocycles. The smallest absolute Gasteiger partial charge is 0.255 e. The van der Waals surface area contributed by atoms with Crippen LogP contribution in [-0.4, -0.2) is 10.9 Å². The van der Waals surface area contributed by atoms with Gasteiger partial charge < -0.3 is 5.32 Å². The molecule has 0 spiro atoms. The van der Waals surface area contributed by atoms with E-state index < -0.39 is 5.41 Å². The van der Waals surface area contributed by atoms with Crippen LogP contribution in [0.3, 0.4) is 0 Å². The topological polar surface area (TPSA) is 95.0 Å². The predicted octanol–water partition coefficient (Wildman–Crippen LogP) is 4.79. The first-order chi connectivity index (χ1) is 14.8. The van der Waals surface area contributed by atoms with E-state index in [1.165, 1.54) is 5.01 Å². The summed E-state index contributed by atoms with van der Waals surface area (Å²) < 4.78 is 0. The van der Waals surface area contributed by atoms with Crippen molar-refractivity contribution in [3.8, 4) is 6.07 Å². The van der Waals surface area contributed by atoms with Gasteiger partial charge in [-0.1, -0.05) is 24.3 Å². The van der Waals surface area contributed by atoms with E-state index in [-0.39, 0.29) is 5.91 Å². The van der Waals surface area contributed by atoms with Crippen molar-refractivity contribution in [3.05, 3.63) is 95.4 Å². The number of carbonyl (C=O) groups excluding carboxylic acids is 1. The first-order valence-electron chi connectivity index (χ1n) is 9.86. The quantitative estimate of drug-likeness (QED) is 0.449. The molecule has 6 heteroatoms. The number of pyridine rings is 1. The summed E-state index contributed by atoms with van der Waals surface area (Å²) in [6.45, 7) is 5.60. The van der Waals surface area contributed by atoms with Crippen LogP contribution < -0.4 is 16.2 Å². The largest absolute Gasteiger partial charge is 0.322 e. The molecular formula is C25H25N5O. The lowest BCUT2D eigenvalue weighted by atomic mass is 9.85. The van der Waals surface area contributed by atoms with Gasteiger partial charge in [-0.3, -0.25) is 14.8 Å². The molecule has 6 nitrogen and oxygen atoms in total. The van der Waals surface area contributed by atoms with Crippen molar-refractivity contribution in [1.82, 2.24) is 4.98 Å². The lowest BCUT2D eigenvalue weighted by Gasteiger charge is -2.18. The normalized spacial score (nSPS) is 11.2. The molecule has 0 unspecified atom stereocenters. The van der Waals surface area contributed by atoms with Gasteiger partial charge in [0.25, 0.3) is 5.91 Å². The van der Waals surface area contributed by atoms with E-state index in [0.29, 0.717) is 11.3 Å². The molecule has 0 atom stereocenters. The number of nitriles is 1. The molecule has 0 saturated heterocycles. The van der Waals surface area contributed by atoms with Crippen molar-refractivity contribution < 1.29 is 4.79 Å². The van der Waals surface area contributed by atoms with E-state index in [9.17, 15) is 10.1 Å². The highest BCUT2D eigenvalue weighted by atomic mass is 16.1. The highest BCUT2D eigenvalue weighted by Gasteiger charge is 2.21. The second-order valence-corrected chi connectivity index (χ2v) is 7.78. The molecule has 0 bridgehead atoms. The maximum Gasteiger partial charge on any atom is 0.255 e. The van der Waals surface area contributed by atoms with E-state index in [2.05, 4.69) is 16.4 Å². The van der Waals surface area contributed by atoms with Crippen LogP contribution >= 0.6 is 0 Å². The van der Waals surface area contributed by atoms with E-state index in [1.54, 1.807) is 36.8 Å². The van der Waals surface area contributed by atoms with Gasteiger partial charge in [0.05, 0.1) is 17.2 Å². The lowest BCUT2D eigenvalue weighted by Crippen LogP contribution is -2.25. The van der Waals surface area contributed by atoms with Gasteiger partial charge in [-0.25, -0.2) is 5.84 Å². The third-order valence-electron chi connectivity index (χ3n) is 4.98. The Morgan fingerprint density at radius 1 is 1.19 bits per heavy atom. The summed E-state index contributed by atoms with van der Waals surface area (Å²) in [5.74, 6) is 5.97. The minimum atomic E-state index is -0.673. The number of aryl methyl sites for hydroxylation is 1. The molecule has 1 heterocycles. The molecule has 0 saturated carbocycles. The average molecular weight is 412 g/mol. The Morgan fingerprint density at radius 3 is 2.71 bits per heavy atom. The maximum absolute atomic E-state index is 12.8. The molecule has 0 aliphatic rings. The van der Waals surface area contributed by atoms with Crippen LogP contribution in [0.4, 0.5) is 11.4 Å². The van der Waals surface area contributed by atoms with Crippen molar-refractivity contribution in [2.45, 2.75) is 26.2 Å². The Kier molecular flexibility index (Phi) is 6.49. The SMILES string of the molecule is Cc1ccc(NC(=O)c2cccc(C(C)(C)C#N)c2)cc1N(N)/C=C/c1cccnc1. The summed E-state index contributed by atoms with van der Waals surface area (Å²) in [5, 5.41) is 13.8. The molecule has 31 heavy (non-hydrogen) atoms. The molecule has 0 fully saturated rings. The number of hydrogen-bond donors (Lipinski definition) is 2. The van der Waals surface area contributed by atoms with E-state index in [1.807, 2.05) is 63.2 Å². The standard InChI is InChI=1S/C25H25N5O/c1-18-9-10-22(15-23(18)30(27)13-11-19-6-5-12-28-16-19)29-24(31)20-7-4-8-21(14-20)25(2,3)17-26/h4-16H,27H2,1-3H3,(H,29,31)/b13-11+. The van der Waals surface area contributed by atoms with E-state index in [0.717, 1.165) is 22.4 Å². The van der Waals surface area contributed by atoms with Crippen molar-refractivity contribution in [2.24, 2.45) is 5.84 Å². The number of nitrogens with two attached hydrogens (primary N) is 1. The van der Waals surface area contributed by atoms with Crippen LogP contribution in [0, 0.1) is 18.3 Å². The molecule has 3 aromatic rings. The number of aromatic nitrogens is 1. The molecule has 156 valence electrons. The van der Waals surface area contributed by atoms with E-state index in [4.69, 9.17) is 5.84 Å². The lowest BCUT2D eigenvalue weighted by molar-refractivity contribution is 0.102. The summed E-state index contributed by atoms with van der Waals surface area (Å²) in [4.78, 5) is 16.9. The fraction of sp³-hybridized carbons (Fsp3) is 0.160. The molecule has 0 aliphatic carbocycles. The molecule has 0 aliphatic heterocycles. The Bertz CT molecular complexity index is 1150. The van der Waals surface area contributed by atoms with Gasteiger partial charge in [-0.2, -0.15) is 5.26 Å². The van der Waals surface area contributed by atoms with Crippen LogP contribution in [0.5, 0.6) is 0 Å². The first-order valence-corrected chi connectivity index (χ1v) is 9.86. The van der Waals surface area contributed by atoms with Crippen molar-refractivity contribution in [2.75, 3.05) is 10.3 Å². The van der Waals surface area contributed by atoms with Gasteiger partial charge in [0.2, 0.25) is 0 Å². The number of nitrogens with zero attached hydrogens (tertiary/aromatic N) is 3. The molecule has 3 N–H and O–H groups in total. The summed E-state index contributed by atoms with van der Waals surface area (Å²) in [6.07, 6.45) is 7.07. The second kappa shape index (κ2) is 9.24. The van der Waals surface area contributed by atoms with Crippen LogP contribution in [0.2, 0.25) is 0 Å². The van der Waals surface area contributed by atoms with Gasteiger partial charge in [0.15, 0.2) is 0 Å². The third-order valence-corrected chi connectivity index (χ3v) is 4.98. The average Bonchev–Trinajstić information content (AvgIpc) is 2.79. The van der Waals surface area contributed by atoms with Crippen molar-refractivity contribution >= 4 is 23.4 Å². The number of rotatable bonds is 6. The number of hydrogen-bond acceptors (Lipinski definition) is 5. The molecule has 1 amide bonds. The van der Waals surface area contributed by atoms with Crippen LogP contribution in [0.15, 0.2) is 73.2 Å². The minimum absolute atomic E-state index is 0.250. The molecular weight excluding hydrogens is 386 g/mol. The summed E-state index contributed by atoms with van der Waals surface area (Å²) >= 11 is 0. The van der Waals surface area contributed by atoms with Gasteiger partial charge >= 0.3 is 0 Å². The summed E-state index contributed by atoms with van der Waals surface area (Å²) in [5.41, 5.74) is 3.89. The first kappa shape index (κ1) is 21.8. The van der Waals surface area contributed by atoms with Gasteiger partial charge in [-0.15, -0.1) is 0 Å². The monoisotopic (exact) mass is 411 g/mol. The van der Waals surface area contributed by atoms with Crippen molar-refractivity contribution in [3.63, 3.8) is 0 Å². The minimum Gasteiger partial charge on any atom is -0.322 e. The maximum atomic E-state index is 12.8. The van der Waals surface area contributed by atoms with Crippen LogP contribution in [0.25, 0.3) is 6.08 Å². The second-order valence-electron chi connectivity index (χ2n) is 7.78. The third kappa shape index (κ3) is 5.35. The number of anilines is 2. The number of nitrogens with one attached hydrogen (secondary N) is 1. The molecule has 3 rings (SSSR count). The Morgan fingerprint density at radius 2 is 2.00 bits per heavy atom. The van der Waals surface area contributed by atoms with Crippen LogP contribution in [-0.2, 0) is 5.41 Å². The highest BCUT2D eigenvalue weighted by molar-refractivity contribution is 6.04. The van der Waals surface area contributed by atoms with Gasteiger partial charge in [0.1, 0.15) is 0 Å². The highest BCUT2D eigenvalue weighted by Crippen LogP contribution is 2.25. The summed E-state index contributed by atoms with van der Waals surface area (Å²) in [6, 6.07) is 18.7. The predicted molar refractivity (Wildman–Crippen MR) is 124 cm³/mol. The number of amides is 1. The fourth-order valence-electron chi connectivity index (χ4n) is 3.00. The van der Waals surface area contributed by atoms with Crippen molar-refractivity contribution in [1.29, 1.82) is 5.26 Å². The van der Waals surface area contributed by atoms with Gasteiger partial charge in [0, 0.05) is 29.8 Å². The zero-order valence-corrected chi connectivity index (χ0v) is 17.8. The Hall–Kier alpha value is -3.95. The van der Waals surface area contributed by atoms with Crippen LogP contribution in [0.1, 0.15) is 40.9 Å². The van der Waals surface area contributed by atoms with E-state index >= 15 is 0 Å². The number of carbonyl (C=O) groups is 1.